The maximum atomic E-state index is 11.6. The first-order chi connectivity index (χ1) is 9.43. The lowest BCUT2D eigenvalue weighted by Crippen LogP contribution is -2.20. The summed E-state index contributed by atoms with van der Waals surface area (Å²) in [7, 11) is -3.21. The SMILES string of the molecule is CS(=O)(=O)c1ccc2c(c1)N(Cc1c[nH]c(=O)[nH]1)CC2. The second-order valence-corrected chi connectivity index (χ2v) is 7.02. The molecule has 106 valence electrons. The van der Waals surface area contributed by atoms with Crippen LogP contribution < -0.4 is 10.6 Å². The molecular formula is C13H15N3O3S. The number of imidazole rings is 1. The van der Waals surface area contributed by atoms with Crippen LogP contribution in [0.4, 0.5) is 5.69 Å². The molecule has 7 heteroatoms. The van der Waals surface area contributed by atoms with Gasteiger partial charge in [0, 0.05) is 24.7 Å². The van der Waals surface area contributed by atoms with E-state index >= 15 is 0 Å². The highest BCUT2D eigenvalue weighted by atomic mass is 32.2. The van der Waals surface area contributed by atoms with E-state index in [1.54, 1.807) is 18.3 Å². The molecule has 0 unspecified atom stereocenters. The number of nitrogens with zero attached hydrogens (tertiary/aromatic N) is 1. The monoisotopic (exact) mass is 293 g/mol. The number of nitrogens with one attached hydrogen (secondary N) is 2. The maximum Gasteiger partial charge on any atom is 0.323 e. The van der Waals surface area contributed by atoms with Crippen molar-refractivity contribution in [2.45, 2.75) is 17.9 Å². The summed E-state index contributed by atoms with van der Waals surface area (Å²) in [6, 6.07) is 5.23. The van der Waals surface area contributed by atoms with Gasteiger partial charge in [-0.05, 0) is 24.1 Å². The fourth-order valence-corrected chi connectivity index (χ4v) is 3.12. The molecule has 0 fully saturated rings. The fraction of sp³-hybridized carbons (Fsp3) is 0.308. The van der Waals surface area contributed by atoms with Crippen LogP contribution >= 0.6 is 0 Å². The van der Waals surface area contributed by atoms with E-state index in [0.29, 0.717) is 11.4 Å². The van der Waals surface area contributed by atoms with Gasteiger partial charge in [0.2, 0.25) is 0 Å². The molecule has 2 aromatic rings. The standard InChI is InChI=1S/C13H15N3O3S/c1-20(18,19)11-3-2-9-4-5-16(12(9)6-11)8-10-7-14-13(17)15-10/h2-3,6-7H,4-5,8H2,1H3,(H2,14,15,17). The van der Waals surface area contributed by atoms with Gasteiger partial charge in [-0.1, -0.05) is 6.07 Å². The number of benzene rings is 1. The van der Waals surface area contributed by atoms with Crippen molar-refractivity contribution in [3.63, 3.8) is 0 Å². The smallest absolute Gasteiger partial charge is 0.323 e. The molecule has 0 amide bonds. The van der Waals surface area contributed by atoms with Gasteiger partial charge in [-0.25, -0.2) is 13.2 Å². The zero-order valence-corrected chi connectivity index (χ0v) is 11.8. The van der Waals surface area contributed by atoms with Crippen LogP contribution in [0.25, 0.3) is 0 Å². The largest absolute Gasteiger partial charge is 0.365 e. The predicted octanol–water partition coefficient (Wildman–Crippen LogP) is 0.669. The van der Waals surface area contributed by atoms with Crippen LogP contribution in [-0.4, -0.2) is 31.2 Å². The van der Waals surface area contributed by atoms with E-state index < -0.39 is 9.84 Å². The zero-order chi connectivity index (χ0) is 14.3. The number of anilines is 1. The Kier molecular flexibility index (Phi) is 2.93. The summed E-state index contributed by atoms with van der Waals surface area (Å²) >= 11 is 0. The fourth-order valence-electron chi connectivity index (χ4n) is 2.48. The van der Waals surface area contributed by atoms with E-state index in [0.717, 1.165) is 29.9 Å². The van der Waals surface area contributed by atoms with Gasteiger partial charge in [0.05, 0.1) is 17.1 Å². The van der Waals surface area contributed by atoms with Crippen molar-refractivity contribution >= 4 is 15.5 Å². The lowest BCUT2D eigenvalue weighted by molar-refractivity contribution is 0.602. The topological polar surface area (TPSA) is 86.0 Å². The summed E-state index contributed by atoms with van der Waals surface area (Å²) in [4.78, 5) is 18.8. The number of sulfone groups is 1. The Hall–Kier alpha value is -2.02. The summed E-state index contributed by atoms with van der Waals surface area (Å²) in [5.41, 5.74) is 2.61. The Labute approximate surface area is 116 Å². The minimum atomic E-state index is -3.21. The Morgan fingerprint density at radius 1 is 1.35 bits per heavy atom. The van der Waals surface area contributed by atoms with Gasteiger partial charge < -0.3 is 14.9 Å². The summed E-state index contributed by atoms with van der Waals surface area (Å²) in [6.45, 7) is 1.37. The Morgan fingerprint density at radius 3 is 2.80 bits per heavy atom. The van der Waals surface area contributed by atoms with Crippen LogP contribution in [0.1, 0.15) is 11.3 Å². The van der Waals surface area contributed by atoms with Crippen LogP contribution in [0, 0.1) is 0 Å². The van der Waals surface area contributed by atoms with Crippen molar-refractivity contribution in [1.82, 2.24) is 9.97 Å². The number of hydrogen-bond acceptors (Lipinski definition) is 4. The van der Waals surface area contributed by atoms with Crippen molar-refractivity contribution in [3.05, 3.63) is 46.1 Å². The summed E-state index contributed by atoms with van der Waals surface area (Å²) in [5, 5.41) is 0. The predicted molar refractivity (Wildman–Crippen MR) is 75.7 cm³/mol. The molecule has 0 atom stereocenters. The number of hydrogen-bond donors (Lipinski definition) is 2. The molecule has 20 heavy (non-hydrogen) atoms. The van der Waals surface area contributed by atoms with Crippen molar-refractivity contribution in [3.8, 4) is 0 Å². The maximum absolute atomic E-state index is 11.6. The minimum absolute atomic E-state index is 0.232. The molecule has 0 bridgehead atoms. The van der Waals surface area contributed by atoms with Gasteiger partial charge in [-0.15, -0.1) is 0 Å². The lowest BCUT2D eigenvalue weighted by atomic mass is 10.2. The minimum Gasteiger partial charge on any atom is -0.365 e. The highest BCUT2D eigenvalue weighted by molar-refractivity contribution is 7.90. The molecule has 0 saturated heterocycles. The van der Waals surface area contributed by atoms with Gasteiger partial charge in [-0.3, -0.25) is 0 Å². The van der Waals surface area contributed by atoms with Crippen molar-refractivity contribution in [1.29, 1.82) is 0 Å². The molecule has 1 aliphatic heterocycles. The second kappa shape index (κ2) is 4.52. The second-order valence-electron chi connectivity index (χ2n) is 5.00. The van der Waals surface area contributed by atoms with Crippen molar-refractivity contribution in [2.75, 3.05) is 17.7 Å². The van der Waals surface area contributed by atoms with Gasteiger partial charge in [0.15, 0.2) is 9.84 Å². The first kappa shape index (κ1) is 13.0. The average molecular weight is 293 g/mol. The van der Waals surface area contributed by atoms with E-state index in [2.05, 4.69) is 14.9 Å². The van der Waals surface area contributed by atoms with Crippen LogP contribution in [0.3, 0.4) is 0 Å². The van der Waals surface area contributed by atoms with E-state index in [1.807, 2.05) is 6.07 Å². The molecule has 6 nitrogen and oxygen atoms in total. The summed E-state index contributed by atoms with van der Waals surface area (Å²) in [6.07, 6.45) is 3.73. The molecule has 2 heterocycles. The third kappa shape index (κ3) is 2.36. The molecular weight excluding hydrogens is 278 g/mol. The van der Waals surface area contributed by atoms with Gasteiger partial charge in [-0.2, -0.15) is 0 Å². The quantitative estimate of drug-likeness (QED) is 0.871. The molecule has 1 aliphatic rings. The lowest BCUT2D eigenvalue weighted by Gasteiger charge is -2.18. The van der Waals surface area contributed by atoms with Crippen LogP contribution in [0.5, 0.6) is 0 Å². The van der Waals surface area contributed by atoms with E-state index in [-0.39, 0.29) is 5.69 Å². The van der Waals surface area contributed by atoms with Gasteiger partial charge >= 0.3 is 5.69 Å². The molecule has 0 spiro atoms. The summed E-state index contributed by atoms with van der Waals surface area (Å²) < 4.78 is 23.3. The molecule has 1 aromatic heterocycles. The molecule has 0 radical (unpaired) electrons. The zero-order valence-electron chi connectivity index (χ0n) is 11.0. The Morgan fingerprint density at radius 2 is 2.15 bits per heavy atom. The van der Waals surface area contributed by atoms with Crippen LogP contribution in [0.15, 0.2) is 34.1 Å². The third-order valence-electron chi connectivity index (χ3n) is 3.49. The number of aromatic amines is 2. The Bertz CT molecular complexity index is 804. The molecule has 0 aliphatic carbocycles. The molecule has 1 aromatic carbocycles. The molecule has 2 N–H and O–H groups in total. The van der Waals surface area contributed by atoms with E-state index in [4.69, 9.17) is 0 Å². The van der Waals surface area contributed by atoms with E-state index in [9.17, 15) is 13.2 Å². The molecule has 0 saturated carbocycles. The van der Waals surface area contributed by atoms with Crippen LogP contribution in [-0.2, 0) is 22.8 Å². The normalized spacial score (nSPS) is 14.6. The number of aromatic nitrogens is 2. The highest BCUT2D eigenvalue weighted by Crippen LogP contribution is 2.31. The first-order valence-electron chi connectivity index (χ1n) is 6.28. The van der Waals surface area contributed by atoms with Crippen molar-refractivity contribution < 1.29 is 8.42 Å². The first-order valence-corrected chi connectivity index (χ1v) is 8.17. The number of fused-ring (bicyclic) bond motifs is 1. The summed E-state index contributed by atoms with van der Waals surface area (Å²) in [5.74, 6) is 0. The highest BCUT2D eigenvalue weighted by Gasteiger charge is 2.21. The van der Waals surface area contributed by atoms with Crippen LogP contribution in [0.2, 0.25) is 0 Å². The van der Waals surface area contributed by atoms with Gasteiger partial charge in [0.1, 0.15) is 0 Å². The van der Waals surface area contributed by atoms with Crippen molar-refractivity contribution in [2.24, 2.45) is 0 Å². The van der Waals surface area contributed by atoms with E-state index in [1.165, 1.54) is 6.26 Å². The number of H-pyrrole nitrogens is 2. The average Bonchev–Trinajstić information content (AvgIpc) is 2.95. The molecule has 3 rings (SSSR count). The van der Waals surface area contributed by atoms with Gasteiger partial charge in [0.25, 0.3) is 0 Å². The number of rotatable bonds is 3. The Balaban J connectivity index is 1.94. The third-order valence-corrected chi connectivity index (χ3v) is 4.60.